The number of benzene rings is 1. The lowest BCUT2D eigenvalue weighted by Crippen LogP contribution is -2.08. The third-order valence-electron chi connectivity index (χ3n) is 3.08. The molecule has 0 fully saturated rings. The summed E-state index contributed by atoms with van der Waals surface area (Å²) in [6, 6.07) is 5.00. The van der Waals surface area contributed by atoms with Crippen molar-refractivity contribution in [2.75, 3.05) is 13.7 Å². The van der Waals surface area contributed by atoms with E-state index in [0.717, 1.165) is 17.7 Å². The maximum atomic E-state index is 12.5. The van der Waals surface area contributed by atoms with Crippen LogP contribution in [0.25, 0.3) is 0 Å². The van der Waals surface area contributed by atoms with Crippen LogP contribution >= 0.6 is 0 Å². The molecule has 0 bridgehead atoms. The molecular formula is C14H16F3N3O. The van der Waals surface area contributed by atoms with E-state index in [-0.39, 0.29) is 0 Å². The minimum atomic E-state index is -4.32. The molecule has 0 radical (unpaired) electrons. The number of nitrogens with zero attached hydrogens (tertiary/aromatic N) is 2. The van der Waals surface area contributed by atoms with Crippen molar-refractivity contribution in [3.05, 3.63) is 47.2 Å². The minimum absolute atomic E-state index is 0.339. The van der Waals surface area contributed by atoms with Gasteiger partial charge < -0.3 is 10.5 Å². The molecule has 0 saturated carbocycles. The van der Waals surface area contributed by atoms with E-state index in [2.05, 4.69) is 5.10 Å². The summed E-state index contributed by atoms with van der Waals surface area (Å²) in [6.07, 6.45) is -2.03. The van der Waals surface area contributed by atoms with Gasteiger partial charge in [0.05, 0.1) is 25.4 Å². The maximum Gasteiger partial charge on any atom is 0.416 e. The second kappa shape index (κ2) is 6.17. The summed E-state index contributed by atoms with van der Waals surface area (Å²) in [5.74, 6) is 0.584. The highest BCUT2D eigenvalue weighted by atomic mass is 19.4. The molecule has 1 aromatic heterocycles. The number of alkyl halides is 3. The predicted molar refractivity (Wildman–Crippen MR) is 72.1 cm³/mol. The molecule has 21 heavy (non-hydrogen) atoms. The van der Waals surface area contributed by atoms with E-state index in [0.29, 0.717) is 31.0 Å². The van der Waals surface area contributed by atoms with E-state index in [1.165, 1.54) is 19.2 Å². The third kappa shape index (κ3) is 3.55. The van der Waals surface area contributed by atoms with Gasteiger partial charge in [0.15, 0.2) is 0 Å². The molecule has 7 heteroatoms. The van der Waals surface area contributed by atoms with Gasteiger partial charge in [0.1, 0.15) is 0 Å². The lowest BCUT2D eigenvalue weighted by atomic mass is 10.1. The normalized spacial score (nSPS) is 11.7. The highest BCUT2D eigenvalue weighted by Gasteiger charge is 2.29. The number of hydrogen-bond donors (Lipinski definition) is 1. The van der Waals surface area contributed by atoms with Crippen LogP contribution in [0.4, 0.5) is 13.2 Å². The molecule has 0 atom stereocenters. The topological polar surface area (TPSA) is 53.1 Å². The molecule has 0 unspecified atom stereocenters. The summed E-state index contributed by atoms with van der Waals surface area (Å²) >= 11 is 0. The van der Waals surface area contributed by atoms with Crippen LogP contribution in [0.2, 0.25) is 0 Å². The fourth-order valence-corrected chi connectivity index (χ4v) is 2.06. The highest BCUT2D eigenvalue weighted by molar-refractivity contribution is 5.28. The van der Waals surface area contributed by atoms with E-state index < -0.39 is 11.7 Å². The molecule has 0 spiro atoms. The molecule has 0 aliphatic rings. The Kier molecular flexibility index (Phi) is 4.52. The van der Waals surface area contributed by atoms with E-state index in [1.807, 2.05) is 0 Å². The van der Waals surface area contributed by atoms with E-state index in [4.69, 9.17) is 10.5 Å². The standard InChI is InChI=1S/C14H16F3N3O/c1-21-13-11(6-7-18)8-19-20(13)9-10-2-4-12(5-3-10)14(15,16)17/h2-5,8H,6-7,9,18H2,1H3. The van der Waals surface area contributed by atoms with Crippen LogP contribution in [0, 0.1) is 0 Å². The van der Waals surface area contributed by atoms with Gasteiger partial charge in [0.2, 0.25) is 5.88 Å². The summed E-state index contributed by atoms with van der Waals surface area (Å²) in [5, 5.41) is 4.19. The minimum Gasteiger partial charge on any atom is -0.481 e. The van der Waals surface area contributed by atoms with Crippen LogP contribution in [-0.4, -0.2) is 23.4 Å². The Morgan fingerprint density at radius 3 is 2.43 bits per heavy atom. The van der Waals surface area contributed by atoms with E-state index in [9.17, 15) is 13.2 Å². The summed E-state index contributed by atoms with van der Waals surface area (Å²) in [5.41, 5.74) is 6.43. The van der Waals surface area contributed by atoms with Crippen LogP contribution in [0.1, 0.15) is 16.7 Å². The second-order valence-corrected chi connectivity index (χ2v) is 4.57. The number of methoxy groups -OCH3 is 1. The van der Waals surface area contributed by atoms with Gasteiger partial charge in [-0.25, -0.2) is 4.68 Å². The summed E-state index contributed by atoms with van der Waals surface area (Å²) in [6.45, 7) is 0.814. The van der Waals surface area contributed by atoms with E-state index >= 15 is 0 Å². The van der Waals surface area contributed by atoms with Crippen molar-refractivity contribution in [1.29, 1.82) is 0 Å². The van der Waals surface area contributed by atoms with Gasteiger partial charge in [-0.3, -0.25) is 0 Å². The van der Waals surface area contributed by atoms with Crippen LogP contribution in [0.3, 0.4) is 0 Å². The Morgan fingerprint density at radius 1 is 1.24 bits per heavy atom. The summed E-state index contributed by atoms with van der Waals surface area (Å²) < 4.78 is 44.4. The smallest absolute Gasteiger partial charge is 0.416 e. The first-order valence-corrected chi connectivity index (χ1v) is 6.40. The molecule has 1 aromatic carbocycles. The zero-order valence-electron chi connectivity index (χ0n) is 11.5. The quantitative estimate of drug-likeness (QED) is 0.922. The van der Waals surface area contributed by atoms with Gasteiger partial charge in [0, 0.05) is 5.56 Å². The maximum absolute atomic E-state index is 12.5. The molecule has 0 aliphatic heterocycles. The zero-order valence-corrected chi connectivity index (χ0v) is 11.5. The number of halogens is 3. The molecule has 0 amide bonds. The van der Waals surface area contributed by atoms with Gasteiger partial charge >= 0.3 is 6.18 Å². The zero-order chi connectivity index (χ0) is 15.5. The number of ether oxygens (including phenoxy) is 1. The first-order chi connectivity index (χ1) is 9.95. The predicted octanol–water partition coefficient (Wildman–Crippen LogP) is 2.46. The molecule has 0 saturated heterocycles. The van der Waals surface area contributed by atoms with Crippen molar-refractivity contribution in [2.45, 2.75) is 19.1 Å². The van der Waals surface area contributed by atoms with Gasteiger partial charge in [-0.1, -0.05) is 12.1 Å². The molecular weight excluding hydrogens is 283 g/mol. The van der Waals surface area contributed by atoms with Gasteiger partial charge in [-0.05, 0) is 30.7 Å². The lowest BCUT2D eigenvalue weighted by molar-refractivity contribution is -0.137. The van der Waals surface area contributed by atoms with Crippen molar-refractivity contribution in [1.82, 2.24) is 9.78 Å². The molecule has 2 rings (SSSR count). The third-order valence-corrected chi connectivity index (χ3v) is 3.08. The van der Waals surface area contributed by atoms with Crippen molar-refractivity contribution in [3.63, 3.8) is 0 Å². The van der Waals surface area contributed by atoms with Gasteiger partial charge in [-0.2, -0.15) is 18.3 Å². The Bertz CT molecular complexity index is 591. The van der Waals surface area contributed by atoms with Crippen LogP contribution in [-0.2, 0) is 19.1 Å². The molecule has 4 nitrogen and oxygen atoms in total. The second-order valence-electron chi connectivity index (χ2n) is 4.57. The molecule has 114 valence electrons. The van der Waals surface area contributed by atoms with Gasteiger partial charge in [0.25, 0.3) is 0 Å². The summed E-state index contributed by atoms with van der Waals surface area (Å²) in [7, 11) is 1.53. The van der Waals surface area contributed by atoms with Gasteiger partial charge in [-0.15, -0.1) is 0 Å². The fraction of sp³-hybridized carbons (Fsp3) is 0.357. The van der Waals surface area contributed by atoms with Crippen molar-refractivity contribution < 1.29 is 17.9 Å². The average molecular weight is 299 g/mol. The summed E-state index contributed by atoms with van der Waals surface area (Å²) in [4.78, 5) is 0. The molecule has 0 aliphatic carbocycles. The first-order valence-electron chi connectivity index (χ1n) is 6.40. The van der Waals surface area contributed by atoms with Crippen LogP contribution < -0.4 is 10.5 Å². The van der Waals surface area contributed by atoms with E-state index in [1.54, 1.807) is 10.9 Å². The van der Waals surface area contributed by atoms with Crippen molar-refractivity contribution in [2.24, 2.45) is 5.73 Å². The largest absolute Gasteiger partial charge is 0.481 e. The Morgan fingerprint density at radius 2 is 1.90 bits per heavy atom. The SMILES string of the molecule is COc1c(CCN)cnn1Cc1ccc(C(F)(F)F)cc1. The van der Waals surface area contributed by atoms with Crippen LogP contribution in [0.15, 0.2) is 30.5 Å². The number of aromatic nitrogens is 2. The Hall–Kier alpha value is -2.02. The number of hydrogen-bond acceptors (Lipinski definition) is 3. The monoisotopic (exact) mass is 299 g/mol. The Balaban J connectivity index is 2.18. The molecule has 2 aromatic rings. The first kappa shape index (κ1) is 15.4. The highest BCUT2D eigenvalue weighted by Crippen LogP contribution is 2.29. The van der Waals surface area contributed by atoms with Crippen molar-refractivity contribution >= 4 is 0 Å². The van der Waals surface area contributed by atoms with Crippen LogP contribution in [0.5, 0.6) is 5.88 Å². The fourth-order valence-electron chi connectivity index (χ4n) is 2.06. The Labute approximate surface area is 120 Å². The molecule has 1 heterocycles. The number of rotatable bonds is 5. The lowest BCUT2D eigenvalue weighted by Gasteiger charge is -2.10. The van der Waals surface area contributed by atoms with Crippen molar-refractivity contribution in [3.8, 4) is 5.88 Å². The average Bonchev–Trinajstić information content (AvgIpc) is 2.81. The molecule has 2 N–H and O–H groups in total. The number of nitrogens with two attached hydrogens (primary N) is 1.